The van der Waals surface area contributed by atoms with Crippen molar-refractivity contribution in [2.75, 3.05) is 0 Å². The maximum Gasteiger partial charge on any atom is 0.0327 e. The maximum atomic E-state index is 3.74. The Morgan fingerprint density at radius 3 is 2.94 bits per heavy atom. The summed E-state index contributed by atoms with van der Waals surface area (Å²) in [5.74, 6) is 0. The molecule has 0 saturated heterocycles. The van der Waals surface area contributed by atoms with Crippen LogP contribution < -0.4 is 5.32 Å². The summed E-state index contributed by atoms with van der Waals surface area (Å²) >= 11 is 5.42. The summed E-state index contributed by atoms with van der Waals surface area (Å²) in [5.41, 5.74) is 0.460. The molecular formula is C13H20BrNS. The summed E-state index contributed by atoms with van der Waals surface area (Å²) in [6, 6.07) is 2.81. The molecule has 0 bridgehead atoms. The van der Waals surface area contributed by atoms with Crippen LogP contribution in [-0.4, -0.2) is 6.04 Å². The number of halogens is 1. The Morgan fingerprint density at radius 1 is 1.50 bits per heavy atom. The number of hydrogen-bond donors (Lipinski definition) is 1. The Bertz CT molecular complexity index is 345. The van der Waals surface area contributed by atoms with E-state index in [1.165, 1.54) is 35.0 Å². The van der Waals surface area contributed by atoms with Crippen molar-refractivity contribution in [1.82, 2.24) is 5.32 Å². The molecule has 0 radical (unpaired) electrons. The van der Waals surface area contributed by atoms with Crippen LogP contribution >= 0.6 is 27.3 Å². The molecule has 16 heavy (non-hydrogen) atoms. The maximum absolute atomic E-state index is 3.74. The fourth-order valence-corrected chi connectivity index (χ4v) is 3.98. The van der Waals surface area contributed by atoms with Crippen LogP contribution in [0.2, 0.25) is 0 Å². The zero-order chi connectivity index (χ0) is 11.6. The molecule has 1 aromatic heterocycles. The molecule has 2 rings (SSSR count). The van der Waals surface area contributed by atoms with E-state index in [1.54, 1.807) is 0 Å². The third-order valence-corrected chi connectivity index (χ3v) is 5.63. The molecule has 0 aromatic carbocycles. The highest BCUT2D eigenvalue weighted by Crippen LogP contribution is 2.35. The first-order valence-corrected chi connectivity index (χ1v) is 7.72. The number of rotatable bonds is 3. The van der Waals surface area contributed by atoms with E-state index in [2.05, 4.69) is 46.5 Å². The number of nitrogens with one attached hydrogen (secondary N) is 1. The molecule has 1 unspecified atom stereocenters. The van der Waals surface area contributed by atoms with Gasteiger partial charge in [0.25, 0.3) is 0 Å². The van der Waals surface area contributed by atoms with Crippen molar-refractivity contribution < 1.29 is 0 Å². The van der Waals surface area contributed by atoms with Gasteiger partial charge in [-0.2, -0.15) is 0 Å². The van der Waals surface area contributed by atoms with E-state index in [1.807, 2.05) is 11.3 Å². The van der Waals surface area contributed by atoms with E-state index in [-0.39, 0.29) is 0 Å². The second-order valence-corrected chi connectivity index (χ2v) is 7.21. The van der Waals surface area contributed by atoms with Crippen molar-refractivity contribution in [2.45, 2.75) is 52.1 Å². The molecule has 0 spiro atoms. The average Bonchev–Trinajstić information content (AvgIpc) is 2.62. The molecule has 1 heterocycles. The minimum Gasteiger partial charge on any atom is -0.309 e. The van der Waals surface area contributed by atoms with E-state index in [4.69, 9.17) is 0 Å². The molecule has 90 valence electrons. The van der Waals surface area contributed by atoms with Gasteiger partial charge in [-0.05, 0) is 45.6 Å². The van der Waals surface area contributed by atoms with E-state index in [0.717, 1.165) is 6.54 Å². The lowest BCUT2D eigenvalue weighted by Crippen LogP contribution is -2.43. The zero-order valence-electron chi connectivity index (χ0n) is 10.1. The predicted octanol–water partition coefficient (Wildman–Crippen LogP) is 4.57. The van der Waals surface area contributed by atoms with Crippen molar-refractivity contribution in [3.05, 3.63) is 20.8 Å². The Hall–Kier alpha value is 0.140. The van der Waals surface area contributed by atoms with Gasteiger partial charge in [-0.15, -0.1) is 11.3 Å². The molecular weight excluding hydrogens is 282 g/mol. The smallest absolute Gasteiger partial charge is 0.0327 e. The lowest BCUT2D eigenvalue weighted by atomic mass is 9.73. The second kappa shape index (κ2) is 5.19. The normalized spacial score (nSPS) is 24.6. The topological polar surface area (TPSA) is 12.0 Å². The van der Waals surface area contributed by atoms with Gasteiger partial charge in [0, 0.05) is 21.9 Å². The molecule has 3 heteroatoms. The Balaban J connectivity index is 1.92. The van der Waals surface area contributed by atoms with E-state index in [9.17, 15) is 0 Å². The fraction of sp³-hybridized carbons (Fsp3) is 0.692. The highest BCUT2D eigenvalue weighted by molar-refractivity contribution is 9.10. The Morgan fingerprint density at radius 2 is 2.31 bits per heavy atom. The van der Waals surface area contributed by atoms with Gasteiger partial charge in [0.05, 0.1) is 0 Å². The molecule has 1 aliphatic carbocycles. The molecule has 1 saturated carbocycles. The van der Waals surface area contributed by atoms with Gasteiger partial charge in [0.2, 0.25) is 0 Å². The molecule has 1 aromatic rings. The molecule has 1 N–H and O–H groups in total. The standard InChI is InChI=1S/C13H20BrNS/c1-13(2)7-4-3-5-12(13)15-9-11-10(14)6-8-16-11/h6,8,12,15H,3-5,7,9H2,1-2H3. The molecule has 1 fully saturated rings. The highest BCUT2D eigenvalue weighted by atomic mass is 79.9. The number of hydrogen-bond acceptors (Lipinski definition) is 2. The van der Waals surface area contributed by atoms with Crippen LogP contribution in [0.5, 0.6) is 0 Å². The summed E-state index contributed by atoms with van der Waals surface area (Å²) in [5, 5.41) is 5.88. The second-order valence-electron chi connectivity index (χ2n) is 5.36. The highest BCUT2D eigenvalue weighted by Gasteiger charge is 2.31. The first-order valence-electron chi connectivity index (χ1n) is 6.05. The largest absolute Gasteiger partial charge is 0.309 e. The van der Waals surface area contributed by atoms with Crippen molar-refractivity contribution in [3.63, 3.8) is 0 Å². The van der Waals surface area contributed by atoms with Crippen molar-refractivity contribution in [3.8, 4) is 0 Å². The zero-order valence-corrected chi connectivity index (χ0v) is 12.5. The van der Waals surface area contributed by atoms with E-state index in [0.29, 0.717) is 11.5 Å². The van der Waals surface area contributed by atoms with Crippen LogP contribution in [0.1, 0.15) is 44.4 Å². The monoisotopic (exact) mass is 301 g/mol. The minimum absolute atomic E-state index is 0.460. The summed E-state index contributed by atoms with van der Waals surface area (Å²) in [6.45, 7) is 5.80. The van der Waals surface area contributed by atoms with Crippen LogP contribution in [0.25, 0.3) is 0 Å². The molecule has 1 nitrogen and oxygen atoms in total. The average molecular weight is 302 g/mol. The molecule has 1 atom stereocenters. The summed E-state index contributed by atoms with van der Waals surface area (Å²) in [4.78, 5) is 1.42. The van der Waals surface area contributed by atoms with Gasteiger partial charge in [0.15, 0.2) is 0 Å². The van der Waals surface area contributed by atoms with Gasteiger partial charge in [-0.1, -0.05) is 26.7 Å². The van der Waals surface area contributed by atoms with Crippen molar-refractivity contribution in [1.29, 1.82) is 0 Å². The Kier molecular flexibility index (Phi) is 4.09. The third kappa shape index (κ3) is 2.88. The van der Waals surface area contributed by atoms with Gasteiger partial charge in [-0.3, -0.25) is 0 Å². The Labute approximate surface area is 111 Å². The third-order valence-electron chi connectivity index (χ3n) is 3.71. The van der Waals surface area contributed by atoms with E-state index >= 15 is 0 Å². The summed E-state index contributed by atoms with van der Waals surface area (Å²) in [6.07, 6.45) is 5.47. The molecule has 0 aliphatic heterocycles. The van der Waals surface area contributed by atoms with Crippen LogP contribution in [0.4, 0.5) is 0 Å². The summed E-state index contributed by atoms with van der Waals surface area (Å²) in [7, 11) is 0. The predicted molar refractivity (Wildman–Crippen MR) is 74.9 cm³/mol. The van der Waals surface area contributed by atoms with Crippen LogP contribution in [-0.2, 0) is 6.54 Å². The van der Waals surface area contributed by atoms with Gasteiger partial charge in [-0.25, -0.2) is 0 Å². The fourth-order valence-electron chi connectivity index (χ4n) is 2.54. The van der Waals surface area contributed by atoms with Gasteiger partial charge < -0.3 is 5.32 Å². The van der Waals surface area contributed by atoms with Gasteiger partial charge in [0.1, 0.15) is 0 Å². The van der Waals surface area contributed by atoms with Crippen LogP contribution in [0.3, 0.4) is 0 Å². The summed E-state index contributed by atoms with van der Waals surface area (Å²) < 4.78 is 1.25. The van der Waals surface area contributed by atoms with E-state index < -0.39 is 0 Å². The first kappa shape index (κ1) is 12.6. The molecule has 1 aliphatic rings. The number of thiophene rings is 1. The quantitative estimate of drug-likeness (QED) is 0.862. The van der Waals surface area contributed by atoms with Crippen molar-refractivity contribution in [2.24, 2.45) is 5.41 Å². The lowest BCUT2D eigenvalue weighted by Gasteiger charge is -2.39. The minimum atomic E-state index is 0.460. The SMILES string of the molecule is CC1(C)CCCCC1NCc1sccc1Br. The van der Waals surface area contributed by atoms with Crippen molar-refractivity contribution >= 4 is 27.3 Å². The van der Waals surface area contributed by atoms with Crippen LogP contribution in [0.15, 0.2) is 15.9 Å². The first-order chi connectivity index (χ1) is 7.59. The van der Waals surface area contributed by atoms with Gasteiger partial charge >= 0.3 is 0 Å². The lowest BCUT2D eigenvalue weighted by molar-refractivity contribution is 0.167. The van der Waals surface area contributed by atoms with Crippen LogP contribution in [0, 0.1) is 5.41 Å². The molecule has 0 amide bonds.